The van der Waals surface area contributed by atoms with E-state index < -0.39 is 11.7 Å². The van der Waals surface area contributed by atoms with Gasteiger partial charge in [0.15, 0.2) is 0 Å². The highest BCUT2D eigenvalue weighted by molar-refractivity contribution is 5.85. The molecule has 1 saturated heterocycles. The van der Waals surface area contributed by atoms with E-state index in [0.717, 1.165) is 32.0 Å². The van der Waals surface area contributed by atoms with Crippen molar-refractivity contribution in [2.45, 2.75) is 32.4 Å². The summed E-state index contributed by atoms with van der Waals surface area (Å²) >= 11 is 0. The first-order chi connectivity index (χ1) is 10.9. The molecule has 1 aromatic rings. The van der Waals surface area contributed by atoms with Crippen molar-refractivity contribution in [2.24, 2.45) is 5.92 Å². The second-order valence-electron chi connectivity index (χ2n) is 5.96. The minimum atomic E-state index is -4.42. The van der Waals surface area contributed by atoms with E-state index in [1.807, 2.05) is 0 Å². The number of nitrogens with zero attached hydrogens (tertiary/aromatic N) is 1. The molecule has 0 radical (unpaired) electrons. The zero-order chi connectivity index (χ0) is 16.9. The molecule has 24 heavy (non-hydrogen) atoms. The van der Waals surface area contributed by atoms with Gasteiger partial charge in [-0.2, -0.15) is 13.2 Å². The highest BCUT2D eigenvalue weighted by atomic mass is 35.5. The smallest absolute Gasteiger partial charge is 0.342 e. The molecule has 1 aliphatic heterocycles. The van der Waals surface area contributed by atoms with Crippen molar-refractivity contribution in [1.29, 1.82) is 0 Å². The molecule has 0 aromatic heterocycles. The number of piperidine rings is 1. The monoisotopic (exact) mass is 364 g/mol. The van der Waals surface area contributed by atoms with E-state index >= 15 is 0 Å². The number of benzene rings is 1. The summed E-state index contributed by atoms with van der Waals surface area (Å²) in [6.07, 6.45) is -2.80. The lowest BCUT2D eigenvalue weighted by Gasteiger charge is -2.32. The first-order valence-electron chi connectivity index (χ1n) is 8.05. The lowest BCUT2D eigenvalue weighted by Crippen LogP contribution is -2.41. The normalized spacial score (nSPS) is 15.9. The topological polar surface area (TPSA) is 32.3 Å². The van der Waals surface area contributed by atoms with Crippen LogP contribution in [0.25, 0.3) is 0 Å². The molecule has 0 saturated carbocycles. The van der Waals surface area contributed by atoms with Gasteiger partial charge < -0.3 is 10.2 Å². The van der Waals surface area contributed by atoms with Gasteiger partial charge in [-0.1, -0.05) is 25.1 Å². The summed E-state index contributed by atoms with van der Waals surface area (Å²) in [5.41, 5.74) is -0.657. The van der Waals surface area contributed by atoms with Crippen LogP contribution in [0.2, 0.25) is 0 Å². The van der Waals surface area contributed by atoms with Gasteiger partial charge in [-0.05, 0) is 43.5 Å². The fourth-order valence-corrected chi connectivity index (χ4v) is 2.96. The molecule has 0 atom stereocenters. The van der Waals surface area contributed by atoms with Gasteiger partial charge in [-0.15, -0.1) is 12.4 Å². The van der Waals surface area contributed by atoms with E-state index in [9.17, 15) is 18.0 Å². The second kappa shape index (κ2) is 9.28. The Kier molecular flexibility index (Phi) is 8.03. The molecule has 7 heteroatoms. The zero-order valence-electron chi connectivity index (χ0n) is 13.7. The number of nitrogens with one attached hydrogen (secondary N) is 1. The van der Waals surface area contributed by atoms with Crippen molar-refractivity contribution in [1.82, 2.24) is 10.2 Å². The first-order valence-corrected chi connectivity index (χ1v) is 8.05. The summed E-state index contributed by atoms with van der Waals surface area (Å²) in [4.78, 5) is 14.0. The summed E-state index contributed by atoms with van der Waals surface area (Å²) in [5, 5.41) is 3.30. The Balaban J connectivity index is 0.00000288. The fraction of sp³-hybridized carbons (Fsp3) is 0.588. The standard InChI is InChI=1S/C17H23F3N2O.ClH/c1-2-21-12-13-7-9-22(10-8-13)16(23)11-14-5-3-4-6-15(14)17(18,19)20;/h3-6,13,21H,2,7-12H2,1H3;1H. The van der Waals surface area contributed by atoms with Gasteiger partial charge in [0.25, 0.3) is 0 Å². The van der Waals surface area contributed by atoms with E-state index in [2.05, 4.69) is 12.2 Å². The van der Waals surface area contributed by atoms with Crippen LogP contribution in [-0.2, 0) is 17.4 Å². The molecule has 0 unspecified atom stereocenters. The van der Waals surface area contributed by atoms with E-state index in [4.69, 9.17) is 0 Å². The molecule has 1 heterocycles. The van der Waals surface area contributed by atoms with Gasteiger partial charge in [-0.25, -0.2) is 0 Å². The van der Waals surface area contributed by atoms with Gasteiger partial charge in [0.05, 0.1) is 12.0 Å². The van der Waals surface area contributed by atoms with Crippen molar-refractivity contribution < 1.29 is 18.0 Å². The molecular weight excluding hydrogens is 341 g/mol. The summed E-state index contributed by atoms with van der Waals surface area (Å²) in [7, 11) is 0. The molecule has 1 amide bonds. The quantitative estimate of drug-likeness (QED) is 0.867. The van der Waals surface area contributed by atoms with Crippen LogP contribution >= 0.6 is 12.4 Å². The third kappa shape index (κ3) is 5.67. The molecule has 2 rings (SSSR count). The van der Waals surface area contributed by atoms with Crippen LogP contribution in [0.4, 0.5) is 13.2 Å². The number of hydrogen-bond acceptors (Lipinski definition) is 2. The van der Waals surface area contributed by atoms with E-state index in [1.54, 1.807) is 11.0 Å². The molecular formula is C17H24ClF3N2O. The lowest BCUT2D eigenvalue weighted by atomic mass is 9.96. The predicted molar refractivity (Wildman–Crippen MR) is 90.2 cm³/mol. The van der Waals surface area contributed by atoms with Crippen molar-refractivity contribution in [3.05, 3.63) is 35.4 Å². The molecule has 0 bridgehead atoms. The highest BCUT2D eigenvalue weighted by Gasteiger charge is 2.34. The Morgan fingerprint density at radius 2 is 1.88 bits per heavy atom. The van der Waals surface area contributed by atoms with Crippen molar-refractivity contribution >= 4 is 18.3 Å². The number of halogens is 4. The number of rotatable bonds is 5. The van der Waals surface area contributed by atoms with Crippen LogP contribution in [0, 0.1) is 5.92 Å². The molecule has 1 N–H and O–H groups in total. The Morgan fingerprint density at radius 1 is 1.25 bits per heavy atom. The van der Waals surface area contributed by atoms with E-state index in [-0.39, 0.29) is 30.3 Å². The van der Waals surface area contributed by atoms with Crippen LogP contribution in [0.15, 0.2) is 24.3 Å². The van der Waals surface area contributed by atoms with Crippen LogP contribution < -0.4 is 5.32 Å². The van der Waals surface area contributed by atoms with Gasteiger partial charge in [0.2, 0.25) is 5.91 Å². The van der Waals surface area contributed by atoms with Crippen LogP contribution in [0.5, 0.6) is 0 Å². The highest BCUT2D eigenvalue weighted by Crippen LogP contribution is 2.32. The van der Waals surface area contributed by atoms with Crippen molar-refractivity contribution in [2.75, 3.05) is 26.2 Å². The maximum Gasteiger partial charge on any atom is 0.416 e. The van der Waals surface area contributed by atoms with Crippen LogP contribution in [0.1, 0.15) is 30.9 Å². The minimum absolute atomic E-state index is 0. The summed E-state index contributed by atoms with van der Waals surface area (Å²) in [5.74, 6) is 0.324. The molecule has 1 aromatic carbocycles. The molecule has 3 nitrogen and oxygen atoms in total. The average Bonchev–Trinajstić information content (AvgIpc) is 2.53. The van der Waals surface area contributed by atoms with Crippen molar-refractivity contribution in [3.8, 4) is 0 Å². The molecule has 1 fully saturated rings. The maximum absolute atomic E-state index is 13.0. The summed E-state index contributed by atoms with van der Waals surface area (Å²) in [6.45, 7) is 5.17. The van der Waals surface area contributed by atoms with Gasteiger partial charge in [-0.3, -0.25) is 4.79 Å². The summed E-state index contributed by atoms with van der Waals surface area (Å²) in [6, 6.07) is 5.31. The molecule has 136 valence electrons. The predicted octanol–water partition coefficient (Wildman–Crippen LogP) is 3.52. The number of hydrogen-bond donors (Lipinski definition) is 1. The largest absolute Gasteiger partial charge is 0.416 e. The average molecular weight is 365 g/mol. The minimum Gasteiger partial charge on any atom is -0.342 e. The van der Waals surface area contributed by atoms with Crippen LogP contribution in [0.3, 0.4) is 0 Å². The molecule has 0 aliphatic carbocycles. The number of amides is 1. The third-order valence-corrected chi connectivity index (χ3v) is 4.31. The fourth-order valence-electron chi connectivity index (χ4n) is 2.96. The first kappa shape index (κ1) is 20.8. The van der Waals surface area contributed by atoms with E-state index in [0.29, 0.717) is 19.0 Å². The third-order valence-electron chi connectivity index (χ3n) is 4.31. The Morgan fingerprint density at radius 3 is 2.46 bits per heavy atom. The van der Waals surface area contributed by atoms with Gasteiger partial charge >= 0.3 is 6.18 Å². The number of alkyl halides is 3. The lowest BCUT2D eigenvalue weighted by molar-refractivity contribution is -0.138. The molecule has 1 aliphatic rings. The van der Waals surface area contributed by atoms with Crippen molar-refractivity contribution in [3.63, 3.8) is 0 Å². The van der Waals surface area contributed by atoms with Gasteiger partial charge in [0, 0.05) is 13.1 Å². The number of carbonyl (C=O) groups is 1. The Labute approximate surface area is 147 Å². The number of carbonyl (C=O) groups excluding carboxylic acids is 1. The molecule has 0 spiro atoms. The Bertz CT molecular complexity index is 529. The van der Waals surface area contributed by atoms with E-state index in [1.165, 1.54) is 12.1 Å². The van der Waals surface area contributed by atoms with Gasteiger partial charge in [0.1, 0.15) is 0 Å². The Hall–Kier alpha value is -1.27. The number of likely N-dealkylation sites (tertiary alicyclic amines) is 1. The summed E-state index contributed by atoms with van der Waals surface area (Å²) < 4.78 is 38.9. The zero-order valence-corrected chi connectivity index (χ0v) is 14.6. The van der Waals surface area contributed by atoms with Crippen LogP contribution in [-0.4, -0.2) is 37.0 Å². The SMILES string of the molecule is CCNCC1CCN(C(=O)Cc2ccccc2C(F)(F)F)CC1.Cl. The second-order valence-corrected chi connectivity index (χ2v) is 5.96. The maximum atomic E-state index is 13.0.